The largest absolute Gasteiger partial charge is 0.496 e. The number of nitrogens with zero attached hydrogens (tertiary/aromatic N) is 2. The first-order valence-electron chi connectivity index (χ1n) is 19.3. The van der Waals surface area contributed by atoms with E-state index in [0.717, 1.165) is 35.6 Å². The van der Waals surface area contributed by atoms with E-state index < -0.39 is 56.0 Å². The fraction of sp³-hybridized carbons (Fsp3) is 0.585. The minimum Gasteiger partial charge on any atom is -0.496 e. The van der Waals surface area contributed by atoms with Gasteiger partial charge in [-0.05, 0) is 74.4 Å². The third-order valence-electron chi connectivity index (χ3n) is 11.7. The van der Waals surface area contributed by atoms with Crippen LogP contribution in [0.5, 0.6) is 11.6 Å². The number of sulfonamides is 1. The Labute approximate surface area is 317 Å². The number of aromatic nitrogens is 1. The average molecular weight is 762 g/mol. The molecule has 3 fully saturated rings. The maximum Gasteiger partial charge on any atom is 0.306 e. The lowest BCUT2D eigenvalue weighted by molar-refractivity contribution is -0.152. The number of pyridine rings is 1. The highest BCUT2D eigenvalue weighted by Gasteiger charge is 2.61. The average Bonchev–Trinajstić information content (AvgIpc) is 4.06. The summed E-state index contributed by atoms with van der Waals surface area (Å²) in [5.74, 6) is -1.79. The van der Waals surface area contributed by atoms with E-state index >= 15 is 0 Å². The van der Waals surface area contributed by atoms with Gasteiger partial charge in [-0.15, -0.1) is 0 Å². The maximum absolute atomic E-state index is 14.6. The summed E-state index contributed by atoms with van der Waals surface area (Å²) in [6.07, 6.45) is 14.3. The topological polar surface area (TPSA) is 158 Å². The minimum absolute atomic E-state index is 0.0768. The van der Waals surface area contributed by atoms with Crippen LogP contribution in [0.3, 0.4) is 0 Å². The van der Waals surface area contributed by atoms with Crippen LogP contribution in [-0.2, 0) is 33.9 Å². The highest BCUT2D eigenvalue weighted by molar-refractivity contribution is 7.90. The van der Waals surface area contributed by atoms with Crippen molar-refractivity contribution in [1.82, 2.24) is 14.6 Å². The van der Waals surface area contributed by atoms with E-state index in [1.54, 1.807) is 13.3 Å². The Bertz CT molecular complexity index is 1990. The number of cyclic esters (lactones) is 1. The van der Waals surface area contributed by atoms with Crippen molar-refractivity contribution < 1.29 is 41.8 Å². The summed E-state index contributed by atoms with van der Waals surface area (Å²) < 4.78 is 46.1. The molecule has 2 saturated carbocycles. The van der Waals surface area contributed by atoms with Crippen LogP contribution in [0.15, 0.2) is 42.6 Å². The monoisotopic (exact) mass is 761 g/mol. The van der Waals surface area contributed by atoms with E-state index in [-0.39, 0.29) is 50.0 Å². The number of allylic oxidation sites excluding steroid dienone is 3. The van der Waals surface area contributed by atoms with Crippen LogP contribution < -0.4 is 14.2 Å². The van der Waals surface area contributed by atoms with E-state index in [0.29, 0.717) is 50.2 Å². The minimum atomic E-state index is -3.84. The van der Waals surface area contributed by atoms with Gasteiger partial charge in [0.25, 0.3) is 0 Å². The molecular weight excluding hydrogens is 711 g/mol. The van der Waals surface area contributed by atoms with Crippen LogP contribution in [0.2, 0.25) is 0 Å². The molecule has 1 aromatic heterocycles. The summed E-state index contributed by atoms with van der Waals surface area (Å²) >= 11 is 0. The van der Waals surface area contributed by atoms with Gasteiger partial charge in [0.05, 0.1) is 43.4 Å². The first-order valence-corrected chi connectivity index (χ1v) is 20.8. The van der Waals surface area contributed by atoms with E-state index in [2.05, 4.69) is 9.71 Å². The standard InChI is InChI=1S/C41H51N3O9S/c1-40(2)16-9-11-27-18-32-26(19-35(27)51-3)15-17-42-37(32)53-30-21-33-34(45)23-41(39(48)43-54(49,50)31-13-14-31)22-29(41)12-8-6-4-5-7-10-28(20-36(46)52-25-40)38(47)44(33)24-30/h8-9,11-12,15,17-19,28-31,33H,4-7,10,13-14,16,20-25H2,1-3H3,(H,43,48)/b11-9+,12-8-/t28-,29+,30-,33+,41-/m1/s1. The lowest BCUT2D eigenvalue weighted by Gasteiger charge is -2.29. The first-order chi connectivity index (χ1) is 25.8. The van der Waals surface area contributed by atoms with Gasteiger partial charge in [-0.25, -0.2) is 13.4 Å². The maximum atomic E-state index is 14.6. The molecule has 2 aliphatic carbocycles. The molecule has 2 aromatic rings. The molecule has 1 saturated heterocycles. The van der Waals surface area contributed by atoms with Crippen LogP contribution in [-0.4, -0.2) is 79.5 Å². The van der Waals surface area contributed by atoms with Crippen LogP contribution >= 0.6 is 0 Å². The number of benzene rings is 1. The number of nitrogens with one attached hydrogen (secondary N) is 1. The quantitative estimate of drug-likeness (QED) is 0.304. The van der Waals surface area contributed by atoms with Crippen LogP contribution in [0.1, 0.15) is 96.5 Å². The van der Waals surface area contributed by atoms with Gasteiger partial charge in [0, 0.05) is 41.3 Å². The van der Waals surface area contributed by atoms with Gasteiger partial charge in [-0.1, -0.05) is 51.0 Å². The molecule has 2 amide bonds. The van der Waals surface area contributed by atoms with Crippen molar-refractivity contribution in [2.75, 3.05) is 20.3 Å². The molecule has 7 rings (SSSR count). The number of methoxy groups -OCH3 is 1. The predicted molar refractivity (Wildman–Crippen MR) is 202 cm³/mol. The van der Waals surface area contributed by atoms with Gasteiger partial charge in [-0.2, -0.15) is 0 Å². The Morgan fingerprint density at radius 1 is 1.07 bits per heavy atom. The molecule has 54 heavy (non-hydrogen) atoms. The number of ketones is 1. The Balaban J connectivity index is 1.25. The number of rotatable bonds is 4. The van der Waals surface area contributed by atoms with Crippen molar-refractivity contribution in [2.45, 2.75) is 108 Å². The van der Waals surface area contributed by atoms with Gasteiger partial charge in [0.1, 0.15) is 11.9 Å². The Hall–Kier alpha value is -4.26. The number of hydrogen-bond acceptors (Lipinski definition) is 10. The van der Waals surface area contributed by atoms with Crippen molar-refractivity contribution in [3.63, 3.8) is 0 Å². The molecular formula is C41H51N3O9S. The number of ether oxygens (including phenoxy) is 3. The van der Waals surface area contributed by atoms with Crippen molar-refractivity contribution in [2.24, 2.45) is 22.7 Å². The summed E-state index contributed by atoms with van der Waals surface area (Å²) in [5.41, 5.74) is -0.812. The molecule has 0 unspecified atom stereocenters. The number of esters is 1. The number of Topliss-reactive ketones (excluding diaryl/α,β-unsaturated/α-hetero) is 1. The number of fused-ring (bicyclic) bond motifs is 4. The van der Waals surface area contributed by atoms with Gasteiger partial charge in [0.15, 0.2) is 5.78 Å². The molecule has 1 N–H and O–H groups in total. The molecule has 0 spiro atoms. The number of amides is 2. The molecule has 5 aliphatic rings. The zero-order valence-electron chi connectivity index (χ0n) is 31.4. The molecule has 290 valence electrons. The van der Waals surface area contributed by atoms with E-state index in [1.807, 2.05) is 56.4 Å². The molecule has 5 atom stereocenters. The van der Waals surface area contributed by atoms with Gasteiger partial charge < -0.3 is 19.1 Å². The summed E-state index contributed by atoms with van der Waals surface area (Å²) in [5, 5.41) is 0.998. The fourth-order valence-electron chi connectivity index (χ4n) is 8.17. The zero-order chi connectivity index (χ0) is 38.3. The number of hydrogen-bond donors (Lipinski definition) is 1. The summed E-state index contributed by atoms with van der Waals surface area (Å²) in [6, 6.07) is 4.78. The van der Waals surface area contributed by atoms with E-state index in [4.69, 9.17) is 14.2 Å². The van der Waals surface area contributed by atoms with Gasteiger partial charge in [-0.3, -0.25) is 23.9 Å². The molecule has 0 radical (unpaired) electrons. The zero-order valence-corrected chi connectivity index (χ0v) is 32.2. The van der Waals surface area contributed by atoms with Crippen molar-refractivity contribution in [3.8, 4) is 11.6 Å². The predicted octanol–water partition coefficient (Wildman–Crippen LogP) is 5.68. The second kappa shape index (κ2) is 15.1. The SMILES string of the molecule is COc1cc2ccnc3c2cc1/C=C/CC(C)(C)COC(=O)C[C@H]1CCCCC/C=C\[C@H]2C[C@@]2(C(=O)NS(=O)(=O)C2CC2)CC(=O)[C@@H]2C[C@H](CN2C1=O)O3. The van der Waals surface area contributed by atoms with Gasteiger partial charge >= 0.3 is 5.97 Å². The third-order valence-corrected chi connectivity index (χ3v) is 13.5. The third kappa shape index (κ3) is 8.21. The second-order valence-corrected chi connectivity index (χ2v) is 18.6. The summed E-state index contributed by atoms with van der Waals surface area (Å²) in [6.45, 7) is 4.27. The van der Waals surface area contributed by atoms with E-state index in [9.17, 15) is 27.6 Å². The molecule has 12 nitrogen and oxygen atoms in total. The van der Waals surface area contributed by atoms with E-state index in [1.165, 1.54) is 4.90 Å². The molecule has 13 heteroatoms. The summed E-state index contributed by atoms with van der Waals surface area (Å²) in [7, 11) is -2.23. The second-order valence-electron chi connectivity index (χ2n) is 16.6. The molecule has 1 aromatic carbocycles. The van der Waals surface area contributed by atoms with Crippen LogP contribution in [0.25, 0.3) is 16.8 Å². The molecule has 4 heterocycles. The van der Waals surface area contributed by atoms with Crippen LogP contribution in [0.4, 0.5) is 0 Å². The Morgan fingerprint density at radius 3 is 2.67 bits per heavy atom. The molecule has 3 aliphatic heterocycles. The Morgan fingerprint density at radius 2 is 1.89 bits per heavy atom. The smallest absolute Gasteiger partial charge is 0.306 e. The van der Waals surface area contributed by atoms with Gasteiger partial charge in [0.2, 0.25) is 27.7 Å². The van der Waals surface area contributed by atoms with Crippen LogP contribution in [0, 0.1) is 22.7 Å². The highest BCUT2D eigenvalue weighted by atomic mass is 32.2. The first kappa shape index (κ1) is 38.0. The van der Waals surface area contributed by atoms with Crippen molar-refractivity contribution in [1.29, 1.82) is 0 Å². The summed E-state index contributed by atoms with van der Waals surface area (Å²) in [4.78, 5) is 62.4. The number of carbonyl (C=O) groups is 4. The lowest BCUT2D eigenvalue weighted by atomic mass is 9.89. The van der Waals surface area contributed by atoms with Crippen molar-refractivity contribution >= 4 is 50.4 Å². The Kier molecular flexibility index (Phi) is 10.6. The fourth-order valence-corrected chi connectivity index (χ4v) is 9.55. The number of carbonyl (C=O) groups excluding carboxylic acids is 4. The lowest BCUT2D eigenvalue weighted by Crippen LogP contribution is -2.46. The normalized spacial score (nSPS) is 30.5. The van der Waals surface area contributed by atoms with Crippen molar-refractivity contribution in [3.05, 3.63) is 48.2 Å². The molecule has 5 bridgehead atoms. The highest BCUT2D eigenvalue weighted by Crippen LogP contribution is 2.57.